The van der Waals surface area contributed by atoms with Gasteiger partial charge in [-0.25, -0.2) is 4.98 Å². The molecule has 1 aromatic heterocycles. The van der Waals surface area contributed by atoms with Crippen molar-refractivity contribution in [3.8, 4) is 0 Å². The molecule has 27 heavy (non-hydrogen) atoms. The number of rotatable bonds is 3. The van der Waals surface area contributed by atoms with E-state index in [-0.39, 0.29) is 5.91 Å². The molecule has 8 heteroatoms. The number of thiazole rings is 1. The molecular formula is C19H24ClN5OS. The van der Waals surface area contributed by atoms with Gasteiger partial charge in [0.15, 0.2) is 5.13 Å². The zero-order valence-electron chi connectivity index (χ0n) is 15.5. The number of hydrogen-bond donors (Lipinski definition) is 0. The average molecular weight is 406 g/mol. The SMILES string of the molecule is CN1CCN(C(=O)c2csc(N3CCN(c4cccc(Cl)c4)CC3)n2)CC1. The Kier molecular flexibility index (Phi) is 5.52. The third-order valence-corrected chi connectivity index (χ3v) is 6.36. The number of hydrogen-bond acceptors (Lipinski definition) is 6. The maximum atomic E-state index is 12.7. The molecule has 0 unspecified atom stereocenters. The molecule has 6 nitrogen and oxygen atoms in total. The Bertz CT molecular complexity index is 797. The van der Waals surface area contributed by atoms with Gasteiger partial charge < -0.3 is 19.6 Å². The van der Waals surface area contributed by atoms with Crippen LogP contribution in [-0.2, 0) is 0 Å². The monoisotopic (exact) mass is 405 g/mol. The van der Waals surface area contributed by atoms with Crippen LogP contribution in [0.15, 0.2) is 29.6 Å². The summed E-state index contributed by atoms with van der Waals surface area (Å²) in [5, 5.41) is 3.61. The largest absolute Gasteiger partial charge is 0.368 e. The standard InChI is InChI=1S/C19H24ClN5OS/c1-22-5-7-24(8-6-22)18(26)17-14-27-19(21-17)25-11-9-23(10-12-25)16-4-2-3-15(20)13-16/h2-4,13-14H,5-12H2,1H3. The Morgan fingerprint density at radius 1 is 1.04 bits per heavy atom. The molecule has 1 amide bonds. The molecule has 2 aromatic rings. The second kappa shape index (κ2) is 8.04. The molecule has 0 radical (unpaired) electrons. The number of carbonyl (C=O) groups is 1. The molecule has 1 aromatic carbocycles. The first kappa shape index (κ1) is 18.5. The number of aromatic nitrogens is 1. The average Bonchev–Trinajstić information content (AvgIpc) is 3.18. The van der Waals surface area contributed by atoms with Crippen molar-refractivity contribution < 1.29 is 4.79 Å². The summed E-state index contributed by atoms with van der Waals surface area (Å²) in [6.07, 6.45) is 0. The highest BCUT2D eigenvalue weighted by atomic mass is 35.5. The first-order chi connectivity index (χ1) is 13.1. The highest BCUT2D eigenvalue weighted by Crippen LogP contribution is 2.25. The van der Waals surface area contributed by atoms with Gasteiger partial charge in [0.2, 0.25) is 0 Å². The van der Waals surface area contributed by atoms with E-state index in [0.717, 1.165) is 68.2 Å². The maximum absolute atomic E-state index is 12.7. The van der Waals surface area contributed by atoms with E-state index >= 15 is 0 Å². The molecule has 0 atom stereocenters. The van der Waals surface area contributed by atoms with E-state index in [9.17, 15) is 4.79 Å². The summed E-state index contributed by atoms with van der Waals surface area (Å²) in [5.74, 6) is 0.0585. The van der Waals surface area contributed by atoms with Crippen LogP contribution in [0.5, 0.6) is 0 Å². The van der Waals surface area contributed by atoms with Crippen LogP contribution in [0.3, 0.4) is 0 Å². The minimum absolute atomic E-state index is 0.0585. The normalized spacial score (nSPS) is 18.8. The van der Waals surface area contributed by atoms with Crippen molar-refractivity contribution in [2.45, 2.75) is 0 Å². The summed E-state index contributed by atoms with van der Waals surface area (Å²) in [4.78, 5) is 26.1. The maximum Gasteiger partial charge on any atom is 0.273 e. The summed E-state index contributed by atoms with van der Waals surface area (Å²) < 4.78 is 0. The first-order valence-electron chi connectivity index (χ1n) is 9.29. The van der Waals surface area contributed by atoms with Gasteiger partial charge >= 0.3 is 0 Å². The number of likely N-dealkylation sites (N-methyl/N-ethyl adjacent to an activating group) is 1. The predicted molar refractivity (Wildman–Crippen MR) is 111 cm³/mol. The van der Waals surface area contributed by atoms with Crippen LogP contribution in [0.2, 0.25) is 5.02 Å². The van der Waals surface area contributed by atoms with Gasteiger partial charge in [0.1, 0.15) is 5.69 Å². The smallest absolute Gasteiger partial charge is 0.273 e. The molecule has 0 N–H and O–H groups in total. The van der Waals surface area contributed by atoms with Gasteiger partial charge in [-0.15, -0.1) is 11.3 Å². The number of carbonyl (C=O) groups excluding carboxylic acids is 1. The Hall–Kier alpha value is -1.83. The molecule has 2 aliphatic rings. The fourth-order valence-corrected chi connectivity index (χ4v) is 4.55. The van der Waals surface area contributed by atoms with Crippen molar-refractivity contribution in [2.24, 2.45) is 0 Å². The summed E-state index contributed by atoms with van der Waals surface area (Å²) in [6, 6.07) is 7.99. The number of halogens is 1. The van der Waals surface area contributed by atoms with Crippen molar-refractivity contribution in [3.05, 3.63) is 40.4 Å². The molecular weight excluding hydrogens is 382 g/mol. The number of piperazine rings is 2. The molecule has 3 heterocycles. The van der Waals surface area contributed by atoms with Crippen molar-refractivity contribution >= 4 is 39.7 Å². The number of amides is 1. The van der Waals surface area contributed by atoms with Crippen LogP contribution < -0.4 is 9.80 Å². The number of benzene rings is 1. The minimum Gasteiger partial charge on any atom is -0.368 e. The lowest BCUT2D eigenvalue weighted by Gasteiger charge is -2.36. The zero-order valence-corrected chi connectivity index (χ0v) is 17.0. The van der Waals surface area contributed by atoms with Crippen LogP contribution >= 0.6 is 22.9 Å². The van der Waals surface area contributed by atoms with Crippen LogP contribution in [0, 0.1) is 0 Å². The number of nitrogens with zero attached hydrogens (tertiary/aromatic N) is 5. The number of anilines is 2. The summed E-state index contributed by atoms with van der Waals surface area (Å²) >= 11 is 7.67. The summed E-state index contributed by atoms with van der Waals surface area (Å²) in [7, 11) is 2.09. The van der Waals surface area contributed by atoms with E-state index in [1.54, 1.807) is 11.3 Å². The van der Waals surface area contributed by atoms with Crippen LogP contribution in [0.25, 0.3) is 0 Å². The summed E-state index contributed by atoms with van der Waals surface area (Å²) in [5.41, 5.74) is 1.74. The van der Waals surface area contributed by atoms with E-state index in [1.807, 2.05) is 28.5 Å². The molecule has 0 spiro atoms. The molecule has 2 saturated heterocycles. The zero-order chi connectivity index (χ0) is 18.8. The fraction of sp³-hybridized carbons (Fsp3) is 0.474. The second-order valence-corrected chi connectivity index (χ2v) is 8.34. The third kappa shape index (κ3) is 4.20. The van der Waals surface area contributed by atoms with Crippen LogP contribution in [0.4, 0.5) is 10.8 Å². The Labute approximate surface area is 168 Å². The molecule has 2 aliphatic heterocycles. The summed E-state index contributed by atoms with van der Waals surface area (Å²) in [6.45, 7) is 7.02. The molecule has 2 fully saturated rings. The Morgan fingerprint density at radius 3 is 2.44 bits per heavy atom. The highest BCUT2D eigenvalue weighted by Gasteiger charge is 2.25. The van der Waals surface area contributed by atoms with Gasteiger partial charge in [0.05, 0.1) is 0 Å². The van der Waals surface area contributed by atoms with Crippen molar-refractivity contribution in [2.75, 3.05) is 69.2 Å². The Morgan fingerprint density at radius 2 is 1.74 bits per heavy atom. The van der Waals surface area contributed by atoms with Crippen molar-refractivity contribution in [1.29, 1.82) is 0 Å². The second-order valence-electron chi connectivity index (χ2n) is 7.06. The molecule has 4 rings (SSSR count). The highest BCUT2D eigenvalue weighted by molar-refractivity contribution is 7.13. The molecule has 144 valence electrons. The quantitative estimate of drug-likeness (QED) is 0.785. The topological polar surface area (TPSA) is 42.9 Å². The van der Waals surface area contributed by atoms with Crippen LogP contribution in [-0.4, -0.2) is 80.1 Å². The minimum atomic E-state index is 0.0585. The van der Waals surface area contributed by atoms with Crippen LogP contribution in [0.1, 0.15) is 10.5 Å². The lowest BCUT2D eigenvalue weighted by molar-refractivity contribution is 0.0659. The molecule has 0 bridgehead atoms. The first-order valence-corrected chi connectivity index (χ1v) is 10.5. The predicted octanol–water partition coefficient (Wildman–Crippen LogP) is 2.51. The van der Waals surface area contributed by atoms with E-state index in [4.69, 9.17) is 11.6 Å². The van der Waals surface area contributed by atoms with Crippen molar-refractivity contribution in [3.63, 3.8) is 0 Å². The van der Waals surface area contributed by atoms with Gasteiger partial charge in [-0.05, 0) is 25.2 Å². The third-order valence-electron chi connectivity index (χ3n) is 5.23. The van der Waals surface area contributed by atoms with Gasteiger partial charge in [-0.1, -0.05) is 17.7 Å². The van der Waals surface area contributed by atoms with E-state index in [1.165, 1.54) is 0 Å². The van der Waals surface area contributed by atoms with Crippen molar-refractivity contribution in [1.82, 2.24) is 14.8 Å². The van der Waals surface area contributed by atoms with Gasteiger partial charge in [-0.2, -0.15) is 0 Å². The molecule has 0 saturated carbocycles. The molecule has 0 aliphatic carbocycles. The van der Waals surface area contributed by atoms with Gasteiger partial charge in [0, 0.05) is 68.4 Å². The van der Waals surface area contributed by atoms with E-state index in [2.05, 4.69) is 32.8 Å². The Balaban J connectivity index is 1.36. The lowest BCUT2D eigenvalue weighted by Crippen LogP contribution is -2.47. The lowest BCUT2D eigenvalue weighted by atomic mass is 10.2. The van der Waals surface area contributed by atoms with Gasteiger partial charge in [-0.3, -0.25) is 4.79 Å². The van der Waals surface area contributed by atoms with Gasteiger partial charge in [0.25, 0.3) is 5.91 Å². The fourth-order valence-electron chi connectivity index (χ4n) is 3.51. The van der Waals surface area contributed by atoms with E-state index in [0.29, 0.717) is 5.69 Å². The van der Waals surface area contributed by atoms with E-state index < -0.39 is 0 Å².